The fourth-order valence-electron chi connectivity index (χ4n) is 1.61. The molecular formula is C14H18N2O3. The maximum absolute atomic E-state index is 11.8. The summed E-state index contributed by atoms with van der Waals surface area (Å²) in [5, 5.41) is 11.3. The lowest BCUT2D eigenvalue weighted by molar-refractivity contribution is -0.131. The van der Waals surface area contributed by atoms with E-state index in [4.69, 9.17) is 5.11 Å². The van der Waals surface area contributed by atoms with Crippen LogP contribution in [0.1, 0.15) is 42.7 Å². The normalized spacial score (nSPS) is 12.3. The van der Waals surface area contributed by atoms with Crippen LogP contribution in [0, 0.1) is 0 Å². The molecule has 0 saturated heterocycles. The Morgan fingerprint density at radius 3 is 2.74 bits per heavy atom. The van der Waals surface area contributed by atoms with Gasteiger partial charge in [0, 0.05) is 18.3 Å². The predicted octanol–water partition coefficient (Wildman–Crippen LogP) is 2.10. The molecule has 19 heavy (non-hydrogen) atoms. The zero-order valence-corrected chi connectivity index (χ0v) is 11.1. The quantitative estimate of drug-likeness (QED) is 0.769. The monoisotopic (exact) mass is 262 g/mol. The Hall–Kier alpha value is -2.17. The largest absolute Gasteiger partial charge is 0.478 e. The van der Waals surface area contributed by atoms with Crippen molar-refractivity contribution in [3.05, 3.63) is 35.7 Å². The number of carboxylic acid groups (broad SMARTS) is 1. The topological polar surface area (TPSA) is 79.3 Å². The van der Waals surface area contributed by atoms with Crippen molar-refractivity contribution in [1.82, 2.24) is 10.3 Å². The summed E-state index contributed by atoms with van der Waals surface area (Å²) in [5.74, 6) is -1.23. The minimum absolute atomic E-state index is 0.117. The van der Waals surface area contributed by atoms with Gasteiger partial charge in [0.25, 0.3) is 5.91 Å². The van der Waals surface area contributed by atoms with Gasteiger partial charge in [0.05, 0.1) is 0 Å². The molecule has 1 atom stereocenters. The number of carboxylic acids is 1. The van der Waals surface area contributed by atoms with Crippen molar-refractivity contribution in [3.63, 3.8) is 0 Å². The van der Waals surface area contributed by atoms with Crippen molar-refractivity contribution >= 4 is 18.0 Å². The molecule has 1 heterocycles. The number of carbonyl (C=O) groups is 2. The van der Waals surface area contributed by atoms with E-state index in [2.05, 4.69) is 17.2 Å². The molecular weight excluding hydrogens is 244 g/mol. The zero-order valence-electron chi connectivity index (χ0n) is 11.1. The van der Waals surface area contributed by atoms with E-state index in [-0.39, 0.29) is 11.9 Å². The summed E-state index contributed by atoms with van der Waals surface area (Å²) >= 11 is 0. The number of aromatic nitrogens is 1. The van der Waals surface area contributed by atoms with E-state index in [0.29, 0.717) is 11.3 Å². The van der Waals surface area contributed by atoms with Crippen LogP contribution < -0.4 is 5.32 Å². The number of carbonyl (C=O) groups excluding carboxylic acids is 1. The Labute approximate surface area is 112 Å². The standard InChI is InChI=1S/C14H18N2O3/c1-3-4-10(2)16-14(19)12-7-5-11(9-15-12)6-8-13(17)18/h5-10H,3-4H2,1-2H3,(H,16,19)(H,17,18). The summed E-state index contributed by atoms with van der Waals surface area (Å²) in [4.78, 5) is 26.2. The fraction of sp³-hybridized carbons (Fsp3) is 0.357. The van der Waals surface area contributed by atoms with E-state index in [9.17, 15) is 9.59 Å². The predicted molar refractivity (Wildman–Crippen MR) is 72.7 cm³/mol. The van der Waals surface area contributed by atoms with E-state index in [1.54, 1.807) is 12.1 Å². The lowest BCUT2D eigenvalue weighted by atomic mass is 10.2. The molecule has 0 aromatic carbocycles. The summed E-state index contributed by atoms with van der Waals surface area (Å²) in [7, 11) is 0. The second kappa shape index (κ2) is 7.31. The van der Waals surface area contributed by atoms with Gasteiger partial charge >= 0.3 is 5.97 Å². The number of hydrogen-bond acceptors (Lipinski definition) is 3. The molecule has 0 aliphatic heterocycles. The summed E-state index contributed by atoms with van der Waals surface area (Å²) < 4.78 is 0. The van der Waals surface area contributed by atoms with Gasteiger partial charge in [-0.2, -0.15) is 0 Å². The SMILES string of the molecule is CCCC(C)NC(=O)c1ccc(C=CC(=O)O)cn1. The van der Waals surface area contributed by atoms with Gasteiger partial charge in [-0.05, 0) is 31.1 Å². The maximum Gasteiger partial charge on any atom is 0.328 e. The molecule has 102 valence electrons. The van der Waals surface area contributed by atoms with Crippen LogP contribution in [0.4, 0.5) is 0 Å². The highest BCUT2D eigenvalue weighted by molar-refractivity contribution is 5.92. The van der Waals surface area contributed by atoms with E-state index in [0.717, 1.165) is 18.9 Å². The summed E-state index contributed by atoms with van der Waals surface area (Å²) in [5.41, 5.74) is 0.969. The summed E-state index contributed by atoms with van der Waals surface area (Å²) in [6.07, 6.45) is 5.86. The average Bonchev–Trinajstić information content (AvgIpc) is 2.37. The Kier molecular flexibility index (Phi) is 5.73. The Balaban J connectivity index is 2.65. The molecule has 0 fully saturated rings. The van der Waals surface area contributed by atoms with Crippen LogP contribution in [0.2, 0.25) is 0 Å². The highest BCUT2D eigenvalue weighted by Gasteiger charge is 2.09. The smallest absolute Gasteiger partial charge is 0.328 e. The molecule has 0 saturated carbocycles. The molecule has 5 heteroatoms. The second-order valence-corrected chi connectivity index (χ2v) is 4.31. The molecule has 0 aliphatic carbocycles. The number of rotatable bonds is 6. The third-order valence-corrected chi connectivity index (χ3v) is 2.54. The molecule has 0 aliphatic rings. The molecule has 1 unspecified atom stereocenters. The summed E-state index contributed by atoms with van der Waals surface area (Å²) in [6.45, 7) is 4.01. The van der Waals surface area contributed by atoms with E-state index in [1.807, 2.05) is 6.92 Å². The third-order valence-electron chi connectivity index (χ3n) is 2.54. The molecule has 0 radical (unpaired) electrons. The summed E-state index contributed by atoms with van der Waals surface area (Å²) in [6, 6.07) is 3.35. The number of nitrogens with one attached hydrogen (secondary N) is 1. The molecule has 1 rings (SSSR count). The maximum atomic E-state index is 11.8. The van der Waals surface area contributed by atoms with Crippen LogP contribution in [-0.4, -0.2) is 28.0 Å². The lowest BCUT2D eigenvalue weighted by Crippen LogP contribution is -2.32. The van der Waals surface area contributed by atoms with Crippen LogP contribution in [-0.2, 0) is 4.79 Å². The minimum Gasteiger partial charge on any atom is -0.478 e. The van der Waals surface area contributed by atoms with Gasteiger partial charge < -0.3 is 10.4 Å². The first-order valence-corrected chi connectivity index (χ1v) is 6.21. The second-order valence-electron chi connectivity index (χ2n) is 4.31. The van der Waals surface area contributed by atoms with Crippen molar-refractivity contribution < 1.29 is 14.7 Å². The van der Waals surface area contributed by atoms with Crippen molar-refractivity contribution in [2.24, 2.45) is 0 Å². The number of pyridine rings is 1. The van der Waals surface area contributed by atoms with Gasteiger partial charge in [0.1, 0.15) is 5.69 Å². The van der Waals surface area contributed by atoms with Gasteiger partial charge in [-0.3, -0.25) is 9.78 Å². The number of nitrogens with zero attached hydrogens (tertiary/aromatic N) is 1. The highest BCUT2D eigenvalue weighted by atomic mass is 16.4. The zero-order chi connectivity index (χ0) is 14.3. The molecule has 1 aromatic heterocycles. The Morgan fingerprint density at radius 1 is 1.47 bits per heavy atom. The minimum atomic E-state index is -1.02. The van der Waals surface area contributed by atoms with Gasteiger partial charge in [0.2, 0.25) is 0 Å². The number of aliphatic carboxylic acids is 1. The molecule has 1 amide bonds. The Bertz CT molecular complexity index is 466. The first-order valence-electron chi connectivity index (χ1n) is 6.21. The average molecular weight is 262 g/mol. The van der Waals surface area contributed by atoms with Crippen LogP contribution >= 0.6 is 0 Å². The number of hydrogen-bond donors (Lipinski definition) is 2. The molecule has 0 bridgehead atoms. The van der Waals surface area contributed by atoms with Crippen molar-refractivity contribution in [3.8, 4) is 0 Å². The van der Waals surface area contributed by atoms with E-state index in [1.165, 1.54) is 12.3 Å². The molecule has 2 N–H and O–H groups in total. The first kappa shape index (κ1) is 14.9. The van der Waals surface area contributed by atoms with Crippen molar-refractivity contribution in [2.75, 3.05) is 0 Å². The first-order chi connectivity index (χ1) is 9.02. The van der Waals surface area contributed by atoms with Gasteiger partial charge in [-0.15, -0.1) is 0 Å². The fourth-order valence-corrected chi connectivity index (χ4v) is 1.61. The number of amides is 1. The van der Waals surface area contributed by atoms with E-state index >= 15 is 0 Å². The van der Waals surface area contributed by atoms with Crippen molar-refractivity contribution in [2.45, 2.75) is 32.7 Å². The van der Waals surface area contributed by atoms with Crippen molar-refractivity contribution in [1.29, 1.82) is 0 Å². The van der Waals surface area contributed by atoms with Gasteiger partial charge in [-0.25, -0.2) is 4.79 Å². The van der Waals surface area contributed by atoms with Gasteiger partial charge in [-0.1, -0.05) is 19.4 Å². The Morgan fingerprint density at radius 2 is 2.21 bits per heavy atom. The lowest BCUT2D eigenvalue weighted by Gasteiger charge is -2.12. The van der Waals surface area contributed by atoms with Crippen LogP contribution in [0.25, 0.3) is 6.08 Å². The molecule has 1 aromatic rings. The van der Waals surface area contributed by atoms with E-state index < -0.39 is 5.97 Å². The van der Waals surface area contributed by atoms with Crippen LogP contribution in [0.15, 0.2) is 24.4 Å². The van der Waals surface area contributed by atoms with Crippen LogP contribution in [0.5, 0.6) is 0 Å². The van der Waals surface area contributed by atoms with Crippen LogP contribution in [0.3, 0.4) is 0 Å². The van der Waals surface area contributed by atoms with Gasteiger partial charge in [0.15, 0.2) is 0 Å². The third kappa shape index (κ3) is 5.33. The highest BCUT2D eigenvalue weighted by Crippen LogP contribution is 2.04. The molecule has 0 spiro atoms. The molecule has 5 nitrogen and oxygen atoms in total.